The predicted molar refractivity (Wildman–Crippen MR) is 66.3 cm³/mol. The van der Waals surface area contributed by atoms with E-state index in [-0.39, 0.29) is 24.8 Å². The lowest BCUT2D eigenvalue weighted by molar-refractivity contribution is -0.138. The van der Waals surface area contributed by atoms with Crippen LogP contribution in [-0.2, 0) is 16.1 Å². The zero-order valence-electron chi connectivity index (χ0n) is 10.9. The lowest BCUT2D eigenvalue weighted by Crippen LogP contribution is -2.40. The molecule has 1 N–H and O–H groups in total. The molecule has 0 radical (unpaired) electrons. The van der Waals surface area contributed by atoms with Gasteiger partial charge in [0.1, 0.15) is 6.54 Å². The average Bonchev–Trinajstić information content (AvgIpc) is 2.75. The highest BCUT2D eigenvalue weighted by molar-refractivity contribution is 5.76. The van der Waals surface area contributed by atoms with E-state index in [4.69, 9.17) is 5.11 Å². The minimum Gasteiger partial charge on any atom is -0.481 e. The van der Waals surface area contributed by atoms with Crippen molar-refractivity contribution in [1.82, 2.24) is 19.9 Å². The monoisotopic (exact) mass is 266 g/mol. The van der Waals surface area contributed by atoms with Crippen LogP contribution in [0.1, 0.15) is 25.0 Å². The van der Waals surface area contributed by atoms with E-state index in [2.05, 4.69) is 10.3 Å². The lowest BCUT2D eigenvalue weighted by Gasteiger charge is -2.31. The van der Waals surface area contributed by atoms with Crippen molar-refractivity contribution < 1.29 is 14.7 Å². The average molecular weight is 266 g/mol. The minimum absolute atomic E-state index is 0.0127. The number of amides is 1. The summed E-state index contributed by atoms with van der Waals surface area (Å²) in [5, 5.41) is 16.4. The highest BCUT2D eigenvalue weighted by atomic mass is 16.4. The van der Waals surface area contributed by atoms with Crippen molar-refractivity contribution in [2.45, 2.75) is 32.7 Å². The number of hydrogen-bond donors (Lipinski definition) is 1. The molecule has 1 fully saturated rings. The number of carbonyl (C=O) groups is 2. The molecule has 0 aliphatic carbocycles. The zero-order chi connectivity index (χ0) is 13.8. The summed E-state index contributed by atoms with van der Waals surface area (Å²) in [7, 11) is 0. The highest BCUT2D eigenvalue weighted by Gasteiger charge is 2.24. The number of nitrogens with zero attached hydrogens (tertiary/aromatic N) is 4. The van der Waals surface area contributed by atoms with Crippen LogP contribution in [-0.4, -0.2) is 50.0 Å². The van der Waals surface area contributed by atoms with Gasteiger partial charge in [0.05, 0.1) is 5.69 Å². The Morgan fingerprint density at radius 2 is 2.11 bits per heavy atom. The third-order valence-corrected chi connectivity index (χ3v) is 3.38. The normalized spacial score (nSPS) is 16.6. The topological polar surface area (TPSA) is 88.3 Å². The van der Waals surface area contributed by atoms with Gasteiger partial charge in [-0.05, 0) is 25.7 Å². The number of aryl methyl sites for hydroxylation is 1. The zero-order valence-corrected chi connectivity index (χ0v) is 10.9. The summed E-state index contributed by atoms with van der Waals surface area (Å²) in [4.78, 5) is 24.4. The Morgan fingerprint density at radius 3 is 2.63 bits per heavy atom. The predicted octanol–water partition coefficient (Wildman–Crippen LogP) is 0.300. The van der Waals surface area contributed by atoms with Crippen molar-refractivity contribution in [3.8, 4) is 0 Å². The van der Waals surface area contributed by atoms with Gasteiger partial charge in [0, 0.05) is 25.7 Å². The summed E-state index contributed by atoms with van der Waals surface area (Å²) in [5.74, 6) is -0.559. The minimum atomic E-state index is -0.761. The smallest absolute Gasteiger partial charge is 0.303 e. The first-order valence-corrected chi connectivity index (χ1v) is 6.41. The number of aromatic nitrogens is 3. The molecule has 7 heteroatoms. The number of carboxylic acid groups (broad SMARTS) is 1. The molecule has 1 aliphatic heterocycles. The van der Waals surface area contributed by atoms with Crippen molar-refractivity contribution in [3.63, 3.8) is 0 Å². The molecule has 0 spiro atoms. The Morgan fingerprint density at radius 1 is 1.42 bits per heavy atom. The van der Waals surface area contributed by atoms with Crippen LogP contribution in [0.5, 0.6) is 0 Å². The molecule has 1 aromatic rings. The van der Waals surface area contributed by atoms with E-state index in [0.717, 1.165) is 18.5 Å². The number of carbonyl (C=O) groups excluding carboxylic acids is 1. The van der Waals surface area contributed by atoms with Crippen LogP contribution in [0, 0.1) is 12.8 Å². The van der Waals surface area contributed by atoms with Crippen molar-refractivity contribution in [3.05, 3.63) is 11.9 Å². The molecule has 0 aromatic carbocycles. The molecule has 0 saturated carbocycles. The molecule has 7 nitrogen and oxygen atoms in total. The van der Waals surface area contributed by atoms with E-state index in [1.807, 2.05) is 6.92 Å². The number of piperidine rings is 1. The van der Waals surface area contributed by atoms with E-state index < -0.39 is 5.97 Å². The molecule has 104 valence electrons. The van der Waals surface area contributed by atoms with Crippen LogP contribution in [0.25, 0.3) is 0 Å². The maximum Gasteiger partial charge on any atom is 0.303 e. The number of hydrogen-bond acceptors (Lipinski definition) is 4. The van der Waals surface area contributed by atoms with Gasteiger partial charge in [-0.25, -0.2) is 4.68 Å². The van der Waals surface area contributed by atoms with Gasteiger partial charge in [-0.15, -0.1) is 5.10 Å². The van der Waals surface area contributed by atoms with E-state index >= 15 is 0 Å². The SMILES string of the molecule is Cc1cn(CC(=O)N2CCC(CC(=O)O)CC2)nn1. The molecular formula is C12H18N4O3. The van der Waals surface area contributed by atoms with Gasteiger partial charge in [0.15, 0.2) is 0 Å². The van der Waals surface area contributed by atoms with Crippen LogP contribution in [0.15, 0.2) is 6.20 Å². The number of rotatable bonds is 4. The van der Waals surface area contributed by atoms with Crippen LogP contribution in [0.4, 0.5) is 0 Å². The molecule has 19 heavy (non-hydrogen) atoms. The van der Waals surface area contributed by atoms with Crippen LogP contribution < -0.4 is 0 Å². The number of aliphatic carboxylic acids is 1. The van der Waals surface area contributed by atoms with Crippen LogP contribution >= 0.6 is 0 Å². The van der Waals surface area contributed by atoms with E-state index in [9.17, 15) is 9.59 Å². The molecule has 1 aromatic heterocycles. The second-order valence-electron chi connectivity index (χ2n) is 4.98. The Labute approximate surface area is 111 Å². The summed E-state index contributed by atoms with van der Waals surface area (Å²) in [6.45, 7) is 3.28. The summed E-state index contributed by atoms with van der Waals surface area (Å²) < 4.78 is 1.53. The molecule has 0 unspecified atom stereocenters. The second kappa shape index (κ2) is 5.81. The first kappa shape index (κ1) is 13.5. The van der Waals surface area contributed by atoms with Crippen molar-refractivity contribution in [2.75, 3.05) is 13.1 Å². The molecule has 1 aliphatic rings. The van der Waals surface area contributed by atoms with Gasteiger partial charge < -0.3 is 10.0 Å². The molecule has 2 rings (SSSR count). The fraction of sp³-hybridized carbons (Fsp3) is 0.667. The molecule has 1 amide bonds. The van der Waals surface area contributed by atoms with Gasteiger partial charge in [0.2, 0.25) is 5.91 Å². The Bertz CT molecular complexity index is 463. The fourth-order valence-electron chi connectivity index (χ4n) is 2.34. The summed E-state index contributed by atoms with van der Waals surface area (Å²) in [5.41, 5.74) is 0.785. The Balaban J connectivity index is 1.80. The van der Waals surface area contributed by atoms with E-state index in [1.54, 1.807) is 11.1 Å². The summed E-state index contributed by atoms with van der Waals surface area (Å²) >= 11 is 0. The van der Waals surface area contributed by atoms with Gasteiger partial charge in [-0.2, -0.15) is 0 Å². The lowest BCUT2D eigenvalue weighted by atomic mass is 9.93. The number of carboxylic acids is 1. The maximum absolute atomic E-state index is 12.0. The van der Waals surface area contributed by atoms with Gasteiger partial charge in [0.25, 0.3) is 0 Å². The number of likely N-dealkylation sites (tertiary alicyclic amines) is 1. The van der Waals surface area contributed by atoms with Gasteiger partial charge in [-0.1, -0.05) is 5.21 Å². The quantitative estimate of drug-likeness (QED) is 0.846. The molecule has 2 heterocycles. The fourth-order valence-corrected chi connectivity index (χ4v) is 2.34. The second-order valence-corrected chi connectivity index (χ2v) is 4.98. The third-order valence-electron chi connectivity index (χ3n) is 3.38. The molecule has 0 bridgehead atoms. The first-order chi connectivity index (χ1) is 9.04. The Kier molecular flexibility index (Phi) is 4.13. The summed E-state index contributed by atoms with van der Waals surface area (Å²) in [6, 6.07) is 0. The van der Waals surface area contributed by atoms with Crippen LogP contribution in [0.3, 0.4) is 0 Å². The summed E-state index contributed by atoms with van der Waals surface area (Å²) in [6.07, 6.45) is 3.45. The van der Waals surface area contributed by atoms with Gasteiger partial charge in [-0.3, -0.25) is 9.59 Å². The van der Waals surface area contributed by atoms with E-state index in [1.165, 1.54) is 4.68 Å². The molecule has 0 atom stereocenters. The van der Waals surface area contributed by atoms with Crippen LogP contribution in [0.2, 0.25) is 0 Å². The Hall–Kier alpha value is -1.92. The van der Waals surface area contributed by atoms with Gasteiger partial charge >= 0.3 is 5.97 Å². The van der Waals surface area contributed by atoms with Crippen molar-refractivity contribution in [1.29, 1.82) is 0 Å². The largest absolute Gasteiger partial charge is 0.481 e. The van der Waals surface area contributed by atoms with Crippen molar-refractivity contribution in [2.24, 2.45) is 5.92 Å². The third kappa shape index (κ3) is 3.77. The maximum atomic E-state index is 12.0. The van der Waals surface area contributed by atoms with Crippen molar-refractivity contribution >= 4 is 11.9 Å². The molecular weight excluding hydrogens is 248 g/mol. The van der Waals surface area contributed by atoms with E-state index in [0.29, 0.717) is 13.1 Å². The standard InChI is InChI=1S/C12H18N4O3/c1-9-7-16(14-13-9)8-11(17)15-4-2-10(3-5-15)6-12(18)19/h7,10H,2-6,8H2,1H3,(H,18,19). The highest BCUT2D eigenvalue weighted by Crippen LogP contribution is 2.20. The molecule has 1 saturated heterocycles. The first-order valence-electron chi connectivity index (χ1n) is 6.41.